The first kappa shape index (κ1) is 14.9. The number of carbonyl (C=O) groups excluding carboxylic acids is 1. The van der Waals surface area contributed by atoms with Gasteiger partial charge in [-0.25, -0.2) is 14.8 Å². The number of rotatable bonds is 6. The maximum absolute atomic E-state index is 11.6. The smallest absolute Gasteiger partial charge is 0.341 e. The van der Waals surface area contributed by atoms with Gasteiger partial charge in [0, 0.05) is 31.1 Å². The predicted molar refractivity (Wildman–Crippen MR) is 79.2 cm³/mol. The van der Waals surface area contributed by atoms with Gasteiger partial charge in [-0.05, 0) is 26.0 Å². The summed E-state index contributed by atoms with van der Waals surface area (Å²) >= 11 is 0. The molecule has 0 saturated carbocycles. The summed E-state index contributed by atoms with van der Waals surface area (Å²) in [5.74, 6) is 0.103. The van der Waals surface area contributed by atoms with Crippen molar-refractivity contribution in [3.8, 4) is 0 Å². The molecule has 0 aromatic carbocycles. The summed E-state index contributed by atoms with van der Waals surface area (Å²) in [4.78, 5) is 24.3. The molecule has 0 saturated heterocycles. The third-order valence-corrected chi connectivity index (χ3v) is 2.87. The van der Waals surface area contributed by atoms with Crippen LogP contribution in [0, 0.1) is 6.92 Å². The van der Waals surface area contributed by atoms with Crippen molar-refractivity contribution < 1.29 is 9.53 Å². The van der Waals surface area contributed by atoms with Crippen molar-refractivity contribution in [3.05, 3.63) is 47.5 Å². The van der Waals surface area contributed by atoms with Gasteiger partial charge in [0.25, 0.3) is 0 Å². The minimum atomic E-state index is -0.393. The number of nitrogens with one attached hydrogen (secondary N) is 1. The molecule has 21 heavy (non-hydrogen) atoms. The zero-order valence-corrected chi connectivity index (χ0v) is 12.2. The van der Waals surface area contributed by atoms with E-state index in [1.165, 1.54) is 6.20 Å². The molecule has 6 heteroatoms. The Hall–Kier alpha value is -2.50. The lowest BCUT2D eigenvalue weighted by molar-refractivity contribution is 0.0524. The van der Waals surface area contributed by atoms with Gasteiger partial charge >= 0.3 is 5.97 Å². The lowest BCUT2D eigenvalue weighted by atomic mass is 10.2. The normalized spacial score (nSPS) is 10.2. The van der Waals surface area contributed by atoms with Crippen molar-refractivity contribution in [2.24, 2.45) is 0 Å². The van der Waals surface area contributed by atoms with Crippen LogP contribution in [0.3, 0.4) is 0 Å². The molecule has 1 N–H and O–H groups in total. The van der Waals surface area contributed by atoms with Gasteiger partial charge in [0.2, 0.25) is 5.95 Å². The molecule has 0 atom stereocenters. The Bertz CT molecular complexity index is 602. The van der Waals surface area contributed by atoms with Gasteiger partial charge in [-0.2, -0.15) is 0 Å². The summed E-state index contributed by atoms with van der Waals surface area (Å²) in [6.45, 7) is 4.54. The predicted octanol–water partition coefficient (Wildman–Crippen LogP) is 2.01. The van der Waals surface area contributed by atoms with E-state index < -0.39 is 5.97 Å². The molecule has 0 bridgehead atoms. The molecule has 0 spiro atoms. The molecule has 0 fully saturated rings. The number of carbonyl (C=O) groups is 1. The number of aryl methyl sites for hydroxylation is 1. The van der Waals surface area contributed by atoms with Crippen LogP contribution in [0.1, 0.15) is 28.7 Å². The first-order valence-electron chi connectivity index (χ1n) is 6.85. The molecule has 2 rings (SSSR count). The molecule has 0 unspecified atom stereocenters. The first-order chi connectivity index (χ1) is 10.2. The van der Waals surface area contributed by atoms with Gasteiger partial charge in [0.15, 0.2) is 0 Å². The number of hydrogen-bond acceptors (Lipinski definition) is 6. The highest BCUT2D eigenvalue weighted by Crippen LogP contribution is 2.08. The highest BCUT2D eigenvalue weighted by atomic mass is 16.5. The Kier molecular flexibility index (Phi) is 5.20. The van der Waals surface area contributed by atoms with E-state index in [1.807, 2.05) is 18.2 Å². The number of aromatic nitrogens is 3. The van der Waals surface area contributed by atoms with Crippen LogP contribution in [0.15, 0.2) is 30.6 Å². The van der Waals surface area contributed by atoms with Crippen molar-refractivity contribution in [3.63, 3.8) is 0 Å². The van der Waals surface area contributed by atoms with Crippen molar-refractivity contribution in [1.82, 2.24) is 15.0 Å². The topological polar surface area (TPSA) is 77.0 Å². The highest BCUT2D eigenvalue weighted by molar-refractivity contribution is 5.90. The summed E-state index contributed by atoms with van der Waals surface area (Å²) in [5, 5.41) is 3.12. The molecule has 0 aliphatic heterocycles. The molecule has 2 aromatic rings. The third kappa shape index (κ3) is 4.24. The fraction of sp³-hybridized carbons (Fsp3) is 0.333. The zero-order chi connectivity index (χ0) is 15.1. The summed E-state index contributed by atoms with van der Waals surface area (Å²) < 4.78 is 4.94. The van der Waals surface area contributed by atoms with Gasteiger partial charge in [0.1, 0.15) is 0 Å². The number of hydrogen-bond donors (Lipinski definition) is 1. The van der Waals surface area contributed by atoms with Crippen LogP contribution >= 0.6 is 0 Å². The van der Waals surface area contributed by atoms with Crippen molar-refractivity contribution in [1.29, 1.82) is 0 Å². The van der Waals surface area contributed by atoms with Crippen molar-refractivity contribution in [2.45, 2.75) is 20.3 Å². The summed E-state index contributed by atoms with van der Waals surface area (Å²) in [7, 11) is 0. The molecule has 2 heterocycles. The van der Waals surface area contributed by atoms with Crippen LogP contribution in [0.5, 0.6) is 0 Å². The first-order valence-corrected chi connectivity index (χ1v) is 6.85. The van der Waals surface area contributed by atoms with Gasteiger partial charge in [-0.1, -0.05) is 6.07 Å². The quantitative estimate of drug-likeness (QED) is 0.819. The zero-order valence-electron chi connectivity index (χ0n) is 12.2. The van der Waals surface area contributed by atoms with E-state index in [0.29, 0.717) is 30.4 Å². The van der Waals surface area contributed by atoms with Gasteiger partial charge < -0.3 is 10.1 Å². The van der Waals surface area contributed by atoms with E-state index >= 15 is 0 Å². The van der Waals surface area contributed by atoms with E-state index in [0.717, 1.165) is 12.1 Å². The van der Waals surface area contributed by atoms with Crippen LogP contribution in [0.4, 0.5) is 5.95 Å². The molecule has 6 nitrogen and oxygen atoms in total. The minimum absolute atomic E-state index is 0.336. The van der Waals surface area contributed by atoms with E-state index in [-0.39, 0.29) is 0 Å². The monoisotopic (exact) mass is 286 g/mol. The Balaban J connectivity index is 1.93. The maximum atomic E-state index is 11.6. The van der Waals surface area contributed by atoms with E-state index in [1.54, 1.807) is 20.0 Å². The molecule has 2 aromatic heterocycles. The highest BCUT2D eigenvalue weighted by Gasteiger charge is 2.12. The number of pyridine rings is 1. The molecule has 0 aliphatic rings. The lowest BCUT2D eigenvalue weighted by Crippen LogP contribution is -2.13. The van der Waals surface area contributed by atoms with Crippen LogP contribution in [-0.4, -0.2) is 34.1 Å². The molecular weight excluding hydrogens is 268 g/mol. The van der Waals surface area contributed by atoms with Crippen LogP contribution in [0.25, 0.3) is 0 Å². The number of anilines is 1. The van der Waals surface area contributed by atoms with Crippen LogP contribution in [-0.2, 0) is 11.2 Å². The Morgan fingerprint density at radius 2 is 2.19 bits per heavy atom. The lowest BCUT2D eigenvalue weighted by Gasteiger charge is -2.08. The Morgan fingerprint density at radius 1 is 1.33 bits per heavy atom. The van der Waals surface area contributed by atoms with E-state index in [9.17, 15) is 4.79 Å². The molecule has 110 valence electrons. The molecule has 0 amide bonds. The number of esters is 1. The number of ether oxygens (including phenoxy) is 1. The van der Waals surface area contributed by atoms with E-state index in [4.69, 9.17) is 4.74 Å². The minimum Gasteiger partial charge on any atom is -0.462 e. The second kappa shape index (κ2) is 7.33. The van der Waals surface area contributed by atoms with Crippen LogP contribution in [0.2, 0.25) is 0 Å². The maximum Gasteiger partial charge on any atom is 0.341 e. The fourth-order valence-corrected chi connectivity index (χ4v) is 1.81. The van der Waals surface area contributed by atoms with Gasteiger partial charge in [-0.15, -0.1) is 0 Å². The van der Waals surface area contributed by atoms with Crippen molar-refractivity contribution >= 4 is 11.9 Å². The average molecular weight is 286 g/mol. The second-order valence-corrected chi connectivity index (χ2v) is 4.41. The van der Waals surface area contributed by atoms with Gasteiger partial charge in [0.05, 0.1) is 17.9 Å². The average Bonchev–Trinajstić information content (AvgIpc) is 2.48. The summed E-state index contributed by atoms with van der Waals surface area (Å²) in [6.07, 6.45) is 4.04. The Morgan fingerprint density at radius 3 is 2.86 bits per heavy atom. The van der Waals surface area contributed by atoms with Crippen molar-refractivity contribution in [2.75, 3.05) is 18.5 Å². The largest absolute Gasteiger partial charge is 0.462 e. The molecular formula is C15H18N4O2. The summed E-state index contributed by atoms with van der Waals surface area (Å²) in [6, 6.07) is 5.81. The fourth-order valence-electron chi connectivity index (χ4n) is 1.81. The molecule has 0 aliphatic carbocycles. The SMILES string of the molecule is CCOC(=O)c1cnc(NCCc2ccccn2)nc1C. The molecule has 0 radical (unpaired) electrons. The van der Waals surface area contributed by atoms with Crippen LogP contribution < -0.4 is 5.32 Å². The van der Waals surface area contributed by atoms with Gasteiger partial charge in [-0.3, -0.25) is 4.98 Å². The second-order valence-electron chi connectivity index (χ2n) is 4.41. The standard InChI is InChI=1S/C15H18N4O2/c1-3-21-14(20)13-10-18-15(19-11(13)2)17-9-7-12-6-4-5-8-16-12/h4-6,8,10H,3,7,9H2,1-2H3,(H,17,18,19). The Labute approximate surface area is 123 Å². The third-order valence-electron chi connectivity index (χ3n) is 2.87. The number of nitrogens with zero attached hydrogens (tertiary/aromatic N) is 3. The van der Waals surface area contributed by atoms with E-state index in [2.05, 4.69) is 20.3 Å². The summed E-state index contributed by atoms with van der Waals surface area (Å²) in [5.41, 5.74) is 2.00.